The molecule has 126 valence electrons. The van der Waals surface area contributed by atoms with E-state index in [-0.39, 0.29) is 18.7 Å². The first kappa shape index (κ1) is 15.2. The molecule has 0 saturated carbocycles. The molecule has 4 rings (SSSR count). The monoisotopic (exact) mass is 337 g/mol. The molecule has 0 radical (unpaired) electrons. The Bertz CT molecular complexity index is 965. The van der Waals surface area contributed by atoms with Crippen molar-refractivity contribution in [1.82, 2.24) is 10.2 Å². The maximum Gasteiger partial charge on any atom is 0.322 e. The summed E-state index contributed by atoms with van der Waals surface area (Å²) in [6.45, 7) is 4.14. The van der Waals surface area contributed by atoms with E-state index < -0.39 is 0 Å². The molecule has 0 spiro atoms. The van der Waals surface area contributed by atoms with Crippen LogP contribution < -0.4 is 14.8 Å². The van der Waals surface area contributed by atoms with Gasteiger partial charge in [0.2, 0.25) is 12.7 Å². The van der Waals surface area contributed by atoms with E-state index in [0.29, 0.717) is 23.0 Å². The highest BCUT2D eigenvalue weighted by Crippen LogP contribution is 2.32. The number of hydrogen-bond acceptors (Lipinski definition) is 6. The second kappa shape index (κ2) is 5.94. The van der Waals surface area contributed by atoms with Gasteiger partial charge in [-0.2, -0.15) is 0 Å². The molecule has 0 saturated heterocycles. The van der Waals surface area contributed by atoms with Crippen LogP contribution in [0.1, 0.15) is 21.5 Å². The van der Waals surface area contributed by atoms with Crippen molar-refractivity contribution in [2.45, 2.75) is 13.8 Å². The number of aromatic nitrogens is 2. The Morgan fingerprint density at radius 1 is 1.04 bits per heavy atom. The lowest BCUT2D eigenvalue weighted by atomic mass is 10.1. The smallest absolute Gasteiger partial charge is 0.322 e. The van der Waals surface area contributed by atoms with Crippen molar-refractivity contribution in [2.75, 3.05) is 12.1 Å². The third-order valence-electron chi connectivity index (χ3n) is 3.89. The number of anilines is 1. The van der Waals surface area contributed by atoms with Crippen LogP contribution in [0.4, 0.5) is 6.01 Å². The van der Waals surface area contributed by atoms with Crippen LogP contribution in [0.2, 0.25) is 0 Å². The minimum absolute atomic E-state index is 0.0395. The lowest BCUT2D eigenvalue weighted by molar-refractivity contribution is 0.102. The average Bonchev–Trinajstić information content (AvgIpc) is 3.23. The summed E-state index contributed by atoms with van der Waals surface area (Å²) in [4.78, 5) is 12.3. The van der Waals surface area contributed by atoms with Crippen LogP contribution in [0.25, 0.3) is 11.5 Å². The zero-order valence-electron chi connectivity index (χ0n) is 13.7. The molecule has 1 N–H and O–H groups in total. The number of nitrogens with one attached hydrogen (secondary N) is 1. The van der Waals surface area contributed by atoms with Gasteiger partial charge in [-0.3, -0.25) is 10.1 Å². The highest BCUT2D eigenvalue weighted by Gasteiger charge is 2.18. The third-order valence-corrected chi connectivity index (χ3v) is 3.89. The number of hydrogen-bond donors (Lipinski definition) is 1. The van der Waals surface area contributed by atoms with Crippen molar-refractivity contribution >= 4 is 11.9 Å². The molecule has 2 aromatic carbocycles. The van der Waals surface area contributed by atoms with Gasteiger partial charge in [0.15, 0.2) is 11.5 Å². The summed E-state index contributed by atoms with van der Waals surface area (Å²) in [7, 11) is 0. The molecule has 0 bridgehead atoms. The number of ether oxygens (including phenoxy) is 2. The van der Waals surface area contributed by atoms with E-state index in [9.17, 15) is 4.79 Å². The Kier molecular flexibility index (Phi) is 3.61. The number of carbonyl (C=O) groups excluding carboxylic acids is 1. The molecule has 1 aliphatic rings. The van der Waals surface area contributed by atoms with Crippen LogP contribution in [0, 0.1) is 13.8 Å². The number of amides is 1. The fourth-order valence-electron chi connectivity index (χ4n) is 2.64. The molecule has 3 aromatic rings. The molecule has 25 heavy (non-hydrogen) atoms. The molecule has 1 amide bonds. The van der Waals surface area contributed by atoms with Crippen LogP contribution in [0.5, 0.6) is 11.5 Å². The van der Waals surface area contributed by atoms with Crippen molar-refractivity contribution in [2.24, 2.45) is 0 Å². The van der Waals surface area contributed by atoms with E-state index in [1.165, 1.54) is 0 Å². The Balaban J connectivity index is 1.54. The van der Waals surface area contributed by atoms with Gasteiger partial charge in [-0.05, 0) is 43.7 Å². The summed E-state index contributed by atoms with van der Waals surface area (Å²) in [5, 5.41) is 10.5. The molecule has 1 aromatic heterocycles. The minimum Gasteiger partial charge on any atom is -0.454 e. The summed E-state index contributed by atoms with van der Waals surface area (Å²) in [6.07, 6.45) is 0. The van der Waals surface area contributed by atoms with Gasteiger partial charge in [0.1, 0.15) is 0 Å². The van der Waals surface area contributed by atoms with Crippen LogP contribution in [-0.4, -0.2) is 22.9 Å². The zero-order chi connectivity index (χ0) is 17.4. The van der Waals surface area contributed by atoms with Gasteiger partial charge >= 0.3 is 6.01 Å². The van der Waals surface area contributed by atoms with E-state index in [2.05, 4.69) is 15.5 Å². The summed E-state index contributed by atoms with van der Waals surface area (Å²) in [6, 6.07) is 10.9. The van der Waals surface area contributed by atoms with Crippen LogP contribution in [0.3, 0.4) is 0 Å². The van der Waals surface area contributed by atoms with E-state index >= 15 is 0 Å². The molecular formula is C18H15N3O4. The molecule has 0 aliphatic carbocycles. The SMILES string of the molecule is Cc1ccc(-c2nnc(NC(=O)c3ccc4c(c3)OCO4)o2)c(C)c1. The molecule has 0 unspecified atom stereocenters. The van der Waals surface area contributed by atoms with E-state index in [4.69, 9.17) is 13.9 Å². The summed E-state index contributed by atoms with van der Waals surface area (Å²) in [5.41, 5.74) is 3.42. The number of fused-ring (bicyclic) bond motifs is 1. The zero-order valence-corrected chi connectivity index (χ0v) is 13.7. The largest absolute Gasteiger partial charge is 0.454 e. The summed E-state index contributed by atoms with van der Waals surface area (Å²) < 4.78 is 16.1. The van der Waals surface area contributed by atoms with Crippen LogP contribution in [0.15, 0.2) is 40.8 Å². The highest BCUT2D eigenvalue weighted by atomic mass is 16.7. The van der Waals surface area contributed by atoms with Crippen LogP contribution in [-0.2, 0) is 0 Å². The van der Waals surface area contributed by atoms with E-state index in [1.54, 1.807) is 18.2 Å². The molecule has 1 aliphatic heterocycles. The number of nitrogens with zero attached hydrogens (tertiary/aromatic N) is 2. The number of aryl methyl sites for hydroxylation is 2. The normalized spacial score (nSPS) is 12.2. The molecule has 2 heterocycles. The fourth-order valence-corrected chi connectivity index (χ4v) is 2.64. The maximum atomic E-state index is 12.3. The maximum absolute atomic E-state index is 12.3. The Morgan fingerprint density at radius 3 is 2.72 bits per heavy atom. The van der Waals surface area contributed by atoms with Gasteiger partial charge in [0, 0.05) is 11.1 Å². The van der Waals surface area contributed by atoms with Gasteiger partial charge in [0.25, 0.3) is 5.91 Å². The first-order chi connectivity index (χ1) is 12.1. The number of carbonyl (C=O) groups is 1. The van der Waals surface area contributed by atoms with Crippen molar-refractivity contribution < 1.29 is 18.7 Å². The lowest BCUT2D eigenvalue weighted by Crippen LogP contribution is -2.12. The highest BCUT2D eigenvalue weighted by molar-refractivity contribution is 6.03. The summed E-state index contributed by atoms with van der Waals surface area (Å²) >= 11 is 0. The Labute approximate surface area is 143 Å². The molecule has 7 nitrogen and oxygen atoms in total. The quantitative estimate of drug-likeness (QED) is 0.789. The van der Waals surface area contributed by atoms with Gasteiger partial charge in [0.05, 0.1) is 0 Å². The number of rotatable bonds is 3. The van der Waals surface area contributed by atoms with Gasteiger partial charge < -0.3 is 13.9 Å². The van der Waals surface area contributed by atoms with Gasteiger partial charge in [-0.15, -0.1) is 5.10 Å². The van der Waals surface area contributed by atoms with Crippen molar-refractivity contribution in [3.05, 3.63) is 53.1 Å². The van der Waals surface area contributed by atoms with Gasteiger partial charge in [-0.1, -0.05) is 22.8 Å². The summed E-state index contributed by atoms with van der Waals surface area (Å²) in [5.74, 6) is 1.15. The first-order valence-electron chi connectivity index (χ1n) is 7.72. The topological polar surface area (TPSA) is 86.5 Å². The second-order valence-corrected chi connectivity index (χ2v) is 5.75. The van der Waals surface area contributed by atoms with Crippen LogP contribution >= 0.6 is 0 Å². The molecule has 0 atom stereocenters. The van der Waals surface area contributed by atoms with Crippen molar-refractivity contribution in [3.63, 3.8) is 0 Å². The predicted molar refractivity (Wildman–Crippen MR) is 89.7 cm³/mol. The van der Waals surface area contributed by atoms with E-state index in [1.807, 2.05) is 32.0 Å². The first-order valence-corrected chi connectivity index (χ1v) is 7.72. The minimum atomic E-state index is -0.367. The van der Waals surface area contributed by atoms with Crippen molar-refractivity contribution in [3.8, 4) is 23.0 Å². The van der Waals surface area contributed by atoms with Crippen molar-refractivity contribution in [1.29, 1.82) is 0 Å². The molecule has 7 heteroatoms. The Hall–Kier alpha value is -3.35. The Morgan fingerprint density at radius 2 is 1.88 bits per heavy atom. The lowest BCUT2D eigenvalue weighted by Gasteiger charge is -2.03. The fraction of sp³-hybridized carbons (Fsp3) is 0.167. The number of benzene rings is 2. The van der Waals surface area contributed by atoms with E-state index in [0.717, 1.165) is 16.7 Å². The predicted octanol–water partition coefficient (Wildman–Crippen LogP) is 3.33. The van der Waals surface area contributed by atoms with Gasteiger partial charge in [-0.25, -0.2) is 0 Å². The average molecular weight is 337 g/mol. The second-order valence-electron chi connectivity index (χ2n) is 5.75. The molecule has 0 fully saturated rings. The third kappa shape index (κ3) is 2.91. The molecular weight excluding hydrogens is 322 g/mol. The standard InChI is InChI=1S/C18H15N3O4/c1-10-3-5-13(11(2)7-10)17-20-21-18(25-17)19-16(22)12-4-6-14-15(8-12)24-9-23-14/h3-8H,9H2,1-2H3,(H,19,21,22).